The fourth-order valence-electron chi connectivity index (χ4n) is 3.32. The Morgan fingerprint density at radius 2 is 2.11 bits per heavy atom. The van der Waals surface area contributed by atoms with Gasteiger partial charge in [0.1, 0.15) is 11.6 Å². The minimum absolute atomic E-state index is 0.100. The zero-order valence-corrected chi connectivity index (χ0v) is 16.8. The van der Waals surface area contributed by atoms with E-state index in [1.165, 1.54) is 0 Å². The van der Waals surface area contributed by atoms with E-state index in [0.29, 0.717) is 48.8 Å². The lowest BCUT2D eigenvalue weighted by Crippen LogP contribution is -2.39. The van der Waals surface area contributed by atoms with Crippen molar-refractivity contribution in [3.63, 3.8) is 0 Å². The van der Waals surface area contributed by atoms with Gasteiger partial charge >= 0.3 is 0 Å². The third-order valence-electron chi connectivity index (χ3n) is 4.80. The predicted octanol–water partition coefficient (Wildman–Crippen LogP) is 2.87. The zero-order valence-electron chi connectivity index (χ0n) is 16.0. The van der Waals surface area contributed by atoms with E-state index in [4.69, 9.17) is 16.3 Å². The minimum atomic E-state index is 0.100. The number of rotatable bonds is 6. The zero-order chi connectivity index (χ0) is 19.4. The molecule has 2 heterocycles. The smallest absolute Gasteiger partial charge is 0.244 e. The first kappa shape index (κ1) is 19.5. The number of hydrogen-bond acceptors (Lipinski definition) is 5. The van der Waals surface area contributed by atoms with Gasteiger partial charge in [0, 0.05) is 38.7 Å². The van der Waals surface area contributed by atoms with Crippen molar-refractivity contribution in [2.45, 2.75) is 32.1 Å². The molecule has 1 aromatic carbocycles. The summed E-state index contributed by atoms with van der Waals surface area (Å²) in [5.41, 5.74) is 0.835. The number of amides is 1. The van der Waals surface area contributed by atoms with Crippen molar-refractivity contribution in [3.8, 4) is 5.75 Å². The van der Waals surface area contributed by atoms with E-state index in [1.807, 2.05) is 43.0 Å². The lowest BCUT2D eigenvalue weighted by Gasteiger charge is -2.31. The number of hydrogen-bond donors (Lipinski definition) is 1. The van der Waals surface area contributed by atoms with Crippen LogP contribution >= 0.6 is 11.6 Å². The lowest BCUT2D eigenvalue weighted by molar-refractivity contribution is -0.131. The van der Waals surface area contributed by atoms with Gasteiger partial charge in [-0.25, -0.2) is 0 Å². The number of nitrogens with one attached hydrogen (secondary N) is 1. The molecular formula is C19H26ClN5O2. The van der Waals surface area contributed by atoms with Gasteiger partial charge in [-0.3, -0.25) is 9.89 Å². The maximum atomic E-state index is 12.8. The summed E-state index contributed by atoms with van der Waals surface area (Å²) in [7, 11) is 3.83. The topological polar surface area (TPSA) is 74.3 Å². The number of piperidine rings is 1. The summed E-state index contributed by atoms with van der Waals surface area (Å²) in [6, 6.07) is 5.54. The number of H-pyrrole nitrogens is 1. The summed E-state index contributed by atoms with van der Waals surface area (Å²) in [6.45, 7) is 3.85. The van der Waals surface area contributed by atoms with E-state index in [2.05, 4.69) is 15.2 Å². The average Bonchev–Trinajstić information content (AvgIpc) is 3.15. The first-order valence-electron chi connectivity index (χ1n) is 9.27. The van der Waals surface area contributed by atoms with Crippen molar-refractivity contribution < 1.29 is 9.53 Å². The van der Waals surface area contributed by atoms with Crippen LogP contribution in [0.25, 0.3) is 0 Å². The fraction of sp³-hybridized carbons (Fsp3) is 0.526. The standard InChI is InChI=1S/C19H26ClN5O2/c1-4-27-17-14(6-5-7-15(17)20)12-16(26)25-10-8-13(9-11-25)18-21-19(23-22-18)24(2)3/h5-7,13H,4,8-12H2,1-3H3,(H,21,22,23). The quantitative estimate of drug-likeness (QED) is 0.819. The molecule has 27 heavy (non-hydrogen) atoms. The van der Waals surface area contributed by atoms with Gasteiger partial charge < -0.3 is 14.5 Å². The molecule has 1 saturated heterocycles. The molecule has 2 aromatic rings. The predicted molar refractivity (Wildman–Crippen MR) is 106 cm³/mol. The van der Waals surface area contributed by atoms with Crippen molar-refractivity contribution in [2.75, 3.05) is 38.7 Å². The first-order chi connectivity index (χ1) is 13.0. The molecular weight excluding hydrogens is 366 g/mol. The van der Waals surface area contributed by atoms with Gasteiger partial charge in [0.25, 0.3) is 0 Å². The van der Waals surface area contributed by atoms with E-state index >= 15 is 0 Å². The van der Waals surface area contributed by atoms with Gasteiger partial charge in [0.2, 0.25) is 11.9 Å². The number of carbonyl (C=O) groups is 1. The largest absolute Gasteiger partial charge is 0.492 e. The molecule has 0 spiro atoms. The van der Waals surface area contributed by atoms with Crippen molar-refractivity contribution >= 4 is 23.5 Å². The number of carbonyl (C=O) groups excluding carboxylic acids is 1. The summed E-state index contributed by atoms with van der Waals surface area (Å²) in [6.07, 6.45) is 2.05. The minimum Gasteiger partial charge on any atom is -0.492 e. The SMILES string of the molecule is CCOc1c(Cl)cccc1CC(=O)N1CCC(c2nc(N(C)C)n[nH]2)CC1. The van der Waals surface area contributed by atoms with Crippen LogP contribution in [-0.4, -0.2) is 59.8 Å². The molecule has 146 valence electrons. The summed E-state index contributed by atoms with van der Waals surface area (Å²) in [5, 5.41) is 7.79. The molecule has 7 nitrogen and oxygen atoms in total. The average molecular weight is 392 g/mol. The molecule has 0 aliphatic carbocycles. The highest BCUT2D eigenvalue weighted by Crippen LogP contribution is 2.30. The molecule has 0 bridgehead atoms. The normalized spacial score (nSPS) is 15.0. The van der Waals surface area contributed by atoms with Crippen LogP contribution in [0.2, 0.25) is 5.02 Å². The number of nitrogens with zero attached hydrogens (tertiary/aromatic N) is 4. The van der Waals surface area contributed by atoms with E-state index in [9.17, 15) is 4.79 Å². The Bertz CT molecular complexity index is 784. The van der Waals surface area contributed by atoms with Gasteiger partial charge in [0.15, 0.2) is 0 Å². The number of halogens is 1. The van der Waals surface area contributed by atoms with Gasteiger partial charge in [-0.15, -0.1) is 5.10 Å². The number of para-hydroxylation sites is 1. The molecule has 1 aliphatic heterocycles. The van der Waals surface area contributed by atoms with Crippen LogP contribution < -0.4 is 9.64 Å². The maximum Gasteiger partial charge on any atom is 0.244 e. The molecule has 0 radical (unpaired) electrons. The van der Waals surface area contributed by atoms with E-state index in [-0.39, 0.29) is 5.91 Å². The second-order valence-corrected chi connectivity index (χ2v) is 7.32. The van der Waals surface area contributed by atoms with Crippen LogP contribution in [0.1, 0.15) is 37.1 Å². The summed E-state index contributed by atoms with van der Waals surface area (Å²) < 4.78 is 5.63. The monoisotopic (exact) mass is 391 g/mol. The Morgan fingerprint density at radius 1 is 1.37 bits per heavy atom. The number of ether oxygens (including phenoxy) is 1. The van der Waals surface area contributed by atoms with Crippen LogP contribution in [0, 0.1) is 0 Å². The molecule has 0 atom stereocenters. The third kappa shape index (κ3) is 4.53. The Kier molecular flexibility index (Phi) is 6.21. The lowest BCUT2D eigenvalue weighted by atomic mass is 9.95. The molecule has 0 saturated carbocycles. The third-order valence-corrected chi connectivity index (χ3v) is 5.10. The van der Waals surface area contributed by atoms with Gasteiger partial charge in [-0.1, -0.05) is 23.7 Å². The van der Waals surface area contributed by atoms with Crippen LogP contribution in [0.3, 0.4) is 0 Å². The van der Waals surface area contributed by atoms with E-state index in [0.717, 1.165) is 24.2 Å². The van der Waals surface area contributed by atoms with Crippen molar-refractivity contribution in [2.24, 2.45) is 0 Å². The summed E-state index contributed by atoms with van der Waals surface area (Å²) in [4.78, 5) is 21.1. The fourth-order valence-corrected chi connectivity index (χ4v) is 3.57. The van der Waals surface area contributed by atoms with Crippen LogP contribution in [0.15, 0.2) is 18.2 Å². The summed E-state index contributed by atoms with van der Waals surface area (Å²) >= 11 is 6.22. The molecule has 8 heteroatoms. The Labute approximate surface area is 164 Å². The van der Waals surface area contributed by atoms with Crippen molar-refractivity contribution in [3.05, 3.63) is 34.6 Å². The van der Waals surface area contributed by atoms with E-state index in [1.54, 1.807) is 6.07 Å². The Morgan fingerprint density at radius 3 is 2.74 bits per heavy atom. The van der Waals surface area contributed by atoms with Crippen LogP contribution in [0.4, 0.5) is 5.95 Å². The van der Waals surface area contributed by atoms with Crippen molar-refractivity contribution in [1.29, 1.82) is 0 Å². The molecule has 1 aliphatic rings. The van der Waals surface area contributed by atoms with Gasteiger partial charge in [0.05, 0.1) is 18.1 Å². The molecule has 0 unspecified atom stereocenters. The number of benzene rings is 1. The Hall–Kier alpha value is -2.28. The molecule has 1 fully saturated rings. The number of aromatic nitrogens is 3. The van der Waals surface area contributed by atoms with Gasteiger partial charge in [-0.05, 0) is 25.8 Å². The van der Waals surface area contributed by atoms with Crippen molar-refractivity contribution in [1.82, 2.24) is 20.1 Å². The van der Waals surface area contributed by atoms with Crippen LogP contribution in [-0.2, 0) is 11.2 Å². The highest BCUT2D eigenvalue weighted by molar-refractivity contribution is 6.32. The van der Waals surface area contributed by atoms with Gasteiger partial charge in [-0.2, -0.15) is 4.98 Å². The second-order valence-electron chi connectivity index (χ2n) is 6.91. The van der Waals surface area contributed by atoms with E-state index < -0.39 is 0 Å². The molecule has 3 rings (SSSR count). The molecule has 1 amide bonds. The number of anilines is 1. The van der Waals surface area contributed by atoms with Crippen LogP contribution in [0.5, 0.6) is 5.75 Å². The molecule has 1 aromatic heterocycles. The molecule has 1 N–H and O–H groups in total. The number of likely N-dealkylation sites (tertiary alicyclic amines) is 1. The Balaban J connectivity index is 1.59. The highest BCUT2D eigenvalue weighted by atomic mass is 35.5. The summed E-state index contributed by atoms with van der Waals surface area (Å²) in [5.74, 6) is 2.61. The maximum absolute atomic E-state index is 12.8. The highest BCUT2D eigenvalue weighted by Gasteiger charge is 2.26. The second kappa shape index (κ2) is 8.61. The first-order valence-corrected chi connectivity index (χ1v) is 9.65. The number of aromatic amines is 1.